The van der Waals surface area contributed by atoms with Gasteiger partial charge in [-0.05, 0) is 49.7 Å². The van der Waals surface area contributed by atoms with Gasteiger partial charge >= 0.3 is 0 Å². The van der Waals surface area contributed by atoms with Gasteiger partial charge in [-0.15, -0.1) is 0 Å². The fourth-order valence-electron chi connectivity index (χ4n) is 3.56. The number of aromatic amines is 1. The number of aromatic nitrogens is 2. The second kappa shape index (κ2) is 7.34. The molecule has 28 heavy (non-hydrogen) atoms. The number of hydrogen-bond donors (Lipinski definition) is 2. The first-order valence-corrected chi connectivity index (χ1v) is 9.24. The number of hydrogen-bond acceptors (Lipinski definition) is 4. The highest BCUT2D eigenvalue weighted by Gasteiger charge is 2.31. The first-order chi connectivity index (χ1) is 13.5. The Labute approximate surface area is 162 Å². The minimum Gasteiger partial charge on any atom is -0.497 e. The van der Waals surface area contributed by atoms with Crippen LogP contribution in [0.1, 0.15) is 22.6 Å². The number of ether oxygens (including phenoxy) is 1. The Bertz CT molecular complexity index is 1040. The molecule has 3 aromatic rings. The fraction of sp³-hybridized carbons (Fsp3) is 0.286. The maximum Gasteiger partial charge on any atom is 0.254 e. The van der Waals surface area contributed by atoms with Crippen molar-refractivity contribution >= 4 is 28.5 Å². The van der Waals surface area contributed by atoms with Crippen molar-refractivity contribution in [3.05, 3.63) is 53.9 Å². The van der Waals surface area contributed by atoms with Crippen molar-refractivity contribution in [2.45, 2.75) is 13.3 Å². The van der Waals surface area contributed by atoms with Gasteiger partial charge < -0.3 is 19.9 Å². The number of rotatable bonds is 4. The molecule has 2 N–H and O–H groups in total. The molecule has 0 spiro atoms. The molecule has 2 aromatic carbocycles. The highest BCUT2D eigenvalue weighted by atomic mass is 16.5. The lowest BCUT2D eigenvalue weighted by Gasteiger charge is -2.17. The van der Waals surface area contributed by atoms with Crippen LogP contribution >= 0.6 is 0 Å². The quantitative estimate of drug-likeness (QED) is 0.731. The van der Waals surface area contributed by atoms with Gasteiger partial charge in [0.1, 0.15) is 11.6 Å². The van der Waals surface area contributed by atoms with Crippen molar-refractivity contribution < 1.29 is 14.3 Å². The topological polar surface area (TPSA) is 87.3 Å². The summed E-state index contributed by atoms with van der Waals surface area (Å²) in [6, 6.07) is 12.7. The lowest BCUT2D eigenvalue weighted by molar-refractivity contribution is -0.119. The molecule has 1 aromatic heterocycles. The fourth-order valence-corrected chi connectivity index (χ4v) is 3.56. The summed E-state index contributed by atoms with van der Waals surface area (Å²) in [5.41, 5.74) is 3.04. The van der Waals surface area contributed by atoms with E-state index in [4.69, 9.17) is 4.74 Å². The molecule has 4 rings (SSSR count). The van der Waals surface area contributed by atoms with E-state index < -0.39 is 0 Å². The summed E-state index contributed by atoms with van der Waals surface area (Å²) in [5, 5.41) is 2.96. The Kier molecular flexibility index (Phi) is 4.73. The van der Waals surface area contributed by atoms with Gasteiger partial charge in [-0.2, -0.15) is 0 Å². The summed E-state index contributed by atoms with van der Waals surface area (Å²) in [7, 11) is 1.57. The third-order valence-electron chi connectivity index (χ3n) is 5.03. The van der Waals surface area contributed by atoms with Crippen LogP contribution in [0.2, 0.25) is 0 Å². The van der Waals surface area contributed by atoms with Crippen LogP contribution in [0, 0.1) is 12.8 Å². The average Bonchev–Trinajstić information content (AvgIpc) is 3.33. The zero-order chi connectivity index (χ0) is 19.7. The molecule has 0 aliphatic carbocycles. The van der Waals surface area contributed by atoms with E-state index in [1.54, 1.807) is 36.3 Å². The van der Waals surface area contributed by atoms with Crippen molar-refractivity contribution in [3.8, 4) is 5.75 Å². The number of nitrogens with one attached hydrogen (secondary N) is 2. The molecule has 0 radical (unpaired) electrons. The summed E-state index contributed by atoms with van der Waals surface area (Å²) >= 11 is 0. The molecular weight excluding hydrogens is 356 g/mol. The molecule has 2 heterocycles. The first-order valence-electron chi connectivity index (χ1n) is 9.24. The summed E-state index contributed by atoms with van der Waals surface area (Å²) in [4.78, 5) is 34.6. The monoisotopic (exact) mass is 378 g/mol. The number of imidazole rings is 1. The van der Waals surface area contributed by atoms with Crippen LogP contribution in [0.25, 0.3) is 11.0 Å². The number of methoxy groups -OCH3 is 1. The van der Waals surface area contributed by atoms with Crippen LogP contribution in [0.5, 0.6) is 5.75 Å². The molecular formula is C21H22N4O3. The number of carbonyl (C=O) groups excluding carboxylic acids is 2. The smallest absolute Gasteiger partial charge is 0.254 e. The van der Waals surface area contributed by atoms with Crippen molar-refractivity contribution in [3.63, 3.8) is 0 Å². The molecule has 1 aliphatic heterocycles. The zero-order valence-corrected chi connectivity index (χ0v) is 15.9. The number of benzene rings is 2. The van der Waals surface area contributed by atoms with Crippen LogP contribution in [0.3, 0.4) is 0 Å². The minimum atomic E-state index is -0.228. The van der Waals surface area contributed by atoms with Crippen molar-refractivity contribution in [2.75, 3.05) is 25.5 Å². The first kappa shape index (κ1) is 18.0. The largest absolute Gasteiger partial charge is 0.497 e. The summed E-state index contributed by atoms with van der Waals surface area (Å²) in [6.45, 7) is 2.87. The molecule has 1 fully saturated rings. The number of aryl methyl sites for hydroxylation is 1. The average molecular weight is 378 g/mol. The zero-order valence-electron chi connectivity index (χ0n) is 15.9. The Morgan fingerprint density at radius 2 is 2.11 bits per heavy atom. The number of fused-ring (bicyclic) bond motifs is 1. The molecule has 7 nitrogen and oxygen atoms in total. The number of carbonyl (C=O) groups is 2. The molecule has 1 atom stereocenters. The predicted octanol–water partition coefficient (Wildman–Crippen LogP) is 2.98. The van der Waals surface area contributed by atoms with Gasteiger partial charge in [-0.3, -0.25) is 9.59 Å². The highest BCUT2D eigenvalue weighted by molar-refractivity contribution is 5.97. The van der Waals surface area contributed by atoms with E-state index in [9.17, 15) is 9.59 Å². The van der Waals surface area contributed by atoms with Crippen molar-refractivity contribution in [1.29, 1.82) is 0 Å². The Balaban J connectivity index is 1.41. The van der Waals surface area contributed by atoms with E-state index in [2.05, 4.69) is 15.3 Å². The number of amides is 2. The normalized spacial score (nSPS) is 16.4. The van der Waals surface area contributed by atoms with E-state index in [1.807, 2.05) is 25.1 Å². The minimum absolute atomic E-state index is 0.0727. The van der Waals surface area contributed by atoms with E-state index in [0.29, 0.717) is 30.8 Å². The molecule has 1 saturated heterocycles. The van der Waals surface area contributed by atoms with E-state index in [-0.39, 0.29) is 17.7 Å². The third kappa shape index (κ3) is 3.55. The van der Waals surface area contributed by atoms with E-state index >= 15 is 0 Å². The van der Waals surface area contributed by atoms with Gasteiger partial charge in [0, 0.05) is 24.3 Å². The van der Waals surface area contributed by atoms with Gasteiger partial charge in [0.15, 0.2) is 0 Å². The number of H-pyrrole nitrogens is 1. The Hall–Kier alpha value is -3.35. The SMILES string of the molecule is COc1cccc(C(=O)N2CC[C@@H](C(=O)Nc3ccc4nc(C)[nH]c4c3)C2)c1. The molecule has 2 amide bonds. The molecule has 7 heteroatoms. The number of likely N-dealkylation sites (tertiary alicyclic amines) is 1. The second-order valence-electron chi connectivity index (χ2n) is 7.01. The second-order valence-corrected chi connectivity index (χ2v) is 7.01. The van der Waals surface area contributed by atoms with Crippen LogP contribution in [-0.2, 0) is 4.79 Å². The van der Waals surface area contributed by atoms with Gasteiger partial charge in [-0.25, -0.2) is 4.98 Å². The summed E-state index contributed by atoms with van der Waals surface area (Å²) in [5.74, 6) is 1.10. The predicted molar refractivity (Wildman–Crippen MR) is 106 cm³/mol. The van der Waals surface area contributed by atoms with Crippen LogP contribution in [0.15, 0.2) is 42.5 Å². The molecule has 0 unspecified atom stereocenters. The molecule has 144 valence electrons. The summed E-state index contributed by atoms with van der Waals surface area (Å²) < 4.78 is 5.18. The van der Waals surface area contributed by atoms with Crippen LogP contribution in [-0.4, -0.2) is 46.9 Å². The third-order valence-corrected chi connectivity index (χ3v) is 5.03. The van der Waals surface area contributed by atoms with Crippen molar-refractivity contribution in [1.82, 2.24) is 14.9 Å². The molecule has 0 bridgehead atoms. The van der Waals surface area contributed by atoms with Crippen molar-refractivity contribution in [2.24, 2.45) is 5.92 Å². The lowest BCUT2D eigenvalue weighted by atomic mass is 10.1. The maximum atomic E-state index is 12.7. The number of nitrogens with zero attached hydrogens (tertiary/aromatic N) is 2. The highest BCUT2D eigenvalue weighted by Crippen LogP contribution is 2.23. The maximum absolute atomic E-state index is 12.7. The lowest BCUT2D eigenvalue weighted by Crippen LogP contribution is -2.31. The standard InChI is InChI=1S/C21H22N4O3/c1-13-22-18-7-6-16(11-19(18)23-13)24-20(26)15-8-9-25(12-15)21(27)14-4-3-5-17(10-14)28-2/h3-7,10-11,15H,8-9,12H2,1-2H3,(H,22,23)(H,24,26)/t15-/m1/s1. The Morgan fingerprint density at radius 1 is 1.25 bits per heavy atom. The van der Waals surface area contributed by atoms with Crippen LogP contribution < -0.4 is 10.1 Å². The molecule has 1 aliphatic rings. The Morgan fingerprint density at radius 3 is 2.93 bits per heavy atom. The van der Waals surface area contributed by atoms with E-state index in [1.165, 1.54) is 0 Å². The number of anilines is 1. The van der Waals surface area contributed by atoms with Gasteiger partial charge in [0.25, 0.3) is 5.91 Å². The van der Waals surface area contributed by atoms with E-state index in [0.717, 1.165) is 22.5 Å². The van der Waals surface area contributed by atoms with Crippen LogP contribution in [0.4, 0.5) is 5.69 Å². The van der Waals surface area contributed by atoms with Gasteiger partial charge in [0.2, 0.25) is 5.91 Å². The van der Waals surface area contributed by atoms with Gasteiger partial charge in [0.05, 0.1) is 24.1 Å². The van der Waals surface area contributed by atoms with Gasteiger partial charge in [-0.1, -0.05) is 6.07 Å². The molecule has 0 saturated carbocycles. The summed E-state index contributed by atoms with van der Waals surface area (Å²) in [6.07, 6.45) is 0.646.